The first-order chi connectivity index (χ1) is 10.1. The molecular formula is C18H20N2O. The van der Waals surface area contributed by atoms with Crippen LogP contribution < -0.4 is 11.1 Å². The molecule has 0 bridgehead atoms. The molecule has 21 heavy (non-hydrogen) atoms. The molecule has 1 aliphatic rings. The zero-order chi connectivity index (χ0) is 15.0. The lowest BCUT2D eigenvalue weighted by atomic mass is 10.1. The Labute approximate surface area is 125 Å². The molecule has 108 valence electrons. The van der Waals surface area contributed by atoms with Gasteiger partial charge in [-0.1, -0.05) is 30.3 Å². The highest BCUT2D eigenvalue weighted by atomic mass is 16.2. The van der Waals surface area contributed by atoms with Crippen molar-refractivity contribution in [3.63, 3.8) is 0 Å². The number of anilines is 2. The number of carbonyl (C=O) groups excluding carboxylic acids is 1. The number of hydrogen-bond acceptors (Lipinski definition) is 2. The van der Waals surface area contributed by atoms with Gasteiger partial charge in [0.25, 0.3) is 0 Å². The van der Waals surface area contributed by atoms with Gasteiger partial charge in [0, 0.05) is 17.3 Å². The number of nitrogen functional groups attached to an aromatic ring is 1. The van der Waals surface area contributed by atoms with Crippen molar-refractivity contribution in [2.24, 2.45) is 5.92 Å². The van der Waals surface area contributed by atoms with Gasteiger partial charge in [-0.15, -0.1) is 0 Å². The third-order valence-corrected chi connectivity index (χ3v) is 4.23. The molecule has 0 spiro atoms. The van der Waals surface area contributed by atoms with Gasteiger partial charge in [0.05, 0.1) is 0 Å². The number of amides is 1. The van der Waals surface area contributed by atoms with Crippen LogP contribution in [0.25, 0.3) is 0 Å². The monoisotopic (exact) mass is 280 g/mol. The van der Waals surface area contributed by atoms with Gasteiger partial charge < -0.3 is 11.1 Å². The summed E-state index contributed by atoms with van der Waals surface area (Å²) >= 11 is 0. The van der Waals surface area contributed by atoms with Gasteiger partial charge in [0.1, 0.15) is 0 Å². The lowest BCUT2D eigenvalue weighted by Crippen LogP contribution is -2.15. The van der Waals surface area contributed by atoms with Crippen LogP contribution in [0.1, 0.15) is 29.0 Å². The van der Waals surface area contributed by atoms with Gasteiger partial charge in [-0.05, 0) is 55.0 Å². The standard InChI is InChI=1S/C18H20N2O/c1-11-9-17(12(2)8-16(11)19)20-18(21)15-10-14(15)13-6-4-3-5-7-13/h3-9,14-15H,10,19H2,1-2H3,(H,20,21). The summed E-state index contributed by atoms with van der Waals surface area (Å²) in [6.07, 6.45) is 0.933. The predicted molar refractivity (Wildman–Crippen MR) is 86.2 cm³/mol. The third kappa shape index (κ3) is 2.77. The third-order valence-electron chi connectivity index (χ3n) is 4.23. The Hall–Kier alpha value is -2.29. The molecule has 0 aromatic heterocycles. The summed E-state index contributed by atoms with van der Waals surface area (Å²) in [6.45, 7) is 3.92. The molecular weight excluding hydrogens is 260 g/mol. The SMILES string of the molecule is Cc1cc(NC(=O)C2CC2c2ccccc2)c(C)cc1N. The zero-order valence-corrected chi connectivity index (χ0v) is 12.4. The molecule has 2 aromatic rings. The van der Waals surface area contributed by atoms with E-state index in [1.807, 2.05) is 44.2 Å². The van der Waals surface area contributed by atoms with Crippen LogP contribution in [0.5, 0.6) is 0 Å². The summed E-state index contributed by atoms with van der Waals surface area (Å²) in [4.78, 5) is 12.4. The molecule has 3 heteroatoms. The van der Waals surface area contributed by atoms with Crippen LogP contribution >= 0.6 is 0 Å². The largest absolute Gasteiger partial charge is 0.399 e. The maximum absolute atomic E-state index is 12.4. The van der Waals surface area contributed by atoms with Crippen LogP contribution in [-0.4, -0.2) is 5.91 Å². The highest BCUT2D eigenvalue weighted by Gasteiger charge is 2.43. The van der Waals surface area contributed by atoms with E-state index in [0.29, 0.717) is 5.92 Å². The molecule has 0 heterocycles. The fraction of sp³-hybridized carbons (Fsp3) is 0.278. The topological polar surface area (TPSA) is 55.1 Å². The van der Waals surface area contributed by atoms with Crippen molar-refractivity contribution >= 4 is 17.3 Å². The van der Waals surface area contributed by atoms with Gasteiger partial charge >= 0.3 is 0 Å². The zero-order valence-electron chi connectivity index (χ0n) is 12.4. The number of nitrogens with two attached hydrogens (primary N) is 1. The van der Waals surface area contributed by atoms with Gasteiger partial charge in [0.15, 0.2) is 0 Å². The molecule has 2 unspecified atom stereocenters. The Kier molecular flexibility index (Phi) is 3.42. The second-order valence-electron chi connectivity index (χ2n) is 5.87. The second-order valence-corrected chi connectivity index (χ2v) is 5.87. The van der Waals surface area contributed by atoms with Gasteiger partial charge in [0.2, 0.25) is 5.91 Å². The van der Waals surface area contributed by atoms with Crippen molar-refractivity contribution in [1.29, 1.82) is 0 Å². The van der Waals surface area contributed by atoms with E-state index in [-0.39, 0.29) is 11.8 Å². The minimum absolute atomic E-state index is 0.0876. The van der Waals surface area contributed by atoms with Crippen molar-refractivity contribution < 1.29 is 4.79 Å². The minimum atomic E-state index is 0.0876. The van der Waals surface area contributed by atoms with E-state index < -0.39 is 0 Å². The first kappa shape index (κ1) is 13.7. The van der Waals surface area contributed by atoms with Gasteiger partial charge in [-0.25, -0.2) is 0 Å². The molecule has 3 nitrogen and oxygen atoms in total. The highest BCUT2D eigenvalue weighted by Crippen LogP contribution is 2.48. The number of carbonyl (C=O) groups is 1. The molecule has 3 N–H and O–H groups in total. The smallest absolute Gasteiger partial charge is 0.228 e. The van der Waals surface area contributed by atoms with Crippen molar-refractivity contribution in [3.8, 4) is 0 Å². The van der Waals surface area contributed by atoms with Crippen molar-refractivity contribution in [2.45, 2.75) is 26.2 Å². The van der Waals surface area contributed by atoms with E-state index >= 15 is 0 Å². The summed E-state index contributed by atoms with van der Waals surface area (Å²) in [6, 6.07) is 14.1. The number of aryl methyl sites for hydroxylation is 2. The summed E-state index contributed by atoms with van der Waals surface area (Å²) in [5.74, 6) is 0.558. The van der Waals surface area contributed by atoms with E-state index in [2.05, 4.69) is 17.4 Å². The van der Waals surface area contributed by atoms with E-state index in [1.54, 1.807) is 0 Å². The maximum Gasteiger partial charge on any atom is 0.228 e. The lowest BCUT2D eigenvalue weighted by Gasteiger charge is -2.11. The Bertz CT molecular complexity index is 679. The maximum atomic E-state index is 12.4. The normalized spacial score (nSPS) is 20.1. The number of hydrogen-bond donors (Lipinski definition) is 2. The molecule has 1 amide bonds. The predicted octanol–water partition coefficient (Wildman–Crippen LogP) is 3.63. The average molecular weight is 280 g/mol. The van der Waals surface area contributed by atoms with E-state index in [1.165, 1.54) is 5.56 Å². The number of benzene rings is 2. The van der Waals surface area contributed by atoms with Crippen molar-refractivity contribution in [3.05, 3.63) is 59.2 Å². The molecule has 0 saturated heterocycles. The Morgan fingerprint density at radius 3 is 2.57 bits per heavy atom. The summed E-state index contributed by atoms with van der Waals surface area (Å²) in [7, 11) is 0. The number of nitrogens with one attached hydrogen (secondary N) is 1. The molecule has 1 saturated carbocycles. The summed E-state index contributed by atoms with van der Waals surface area (Å²) < 4.78 is 0. The van der Waals surface area contributed by atoms with Crippen LogP contribution in [0.15, 0.2) is 42.5 Å². The van der Waals surface area contributed by atoms with Crippen LogP contribution in [-0.2, 0) is 4.79 Å². The average Bonchev–Trinajstić information content (AvgIpc) is 3.26. The first-order valence-corrected chi connectivity index (χ1v) is 7.29. The van der Waals surface area contributed by atoms with Gasteiger partial charge in [-0.3, -0.25) is 4.79 Å². The van der Waals surface area contributed by atoms with E-state index in [4.69, 9.17) is 5.73 Å². The quantitative estimate of drug-likeness (QED) is 0.844. The fourth-order valence-corrected chi connectivity index (χ4v) is 2.75. The van der Waals surface area contributed by atoms with Gasteiger partial charge in [-0.2, -0.15) is 0 Å². The Morgan fingerprint density at radius 2 is 1.86 bits per heavy atom. The Morgan fingerprint density at radius 1 is 1.14 bits per heavy atom. The van der Waals surface area contributed by atoms with Crippen molar-refractivity contribution in [2.75, 3.05) is 11.1 Å². The molecule has 3 rings (SSSR count). The highest BCUT2D eigenvalue weighted by molar-refractivity contribution is 5.96. The molecule has 1 fully saturated rings. The fourth-order valence-electron chi connectivity index (χ4n) is 2.75. The second kappa shape index (κ2) is 5.24. The Balaban J connectivity index is 1.70. The van der Waals surface area contributed by atoms with Crippen molar-refractivity contribution in [1.82, 2.24) is 0 Å². The van der Waals surface area contributed by atoms with Crippen LogP contribution in [0.2, 0.25) is 0 Å². The van der Waals surface area contributed by atoms with E-state index in [9.17, 15) is 4.79 Å². The minimum Gasteiger partial charge on any atom is -0.399 e. The molecule has 2 atom stereocenters. The number of rotatable bonds is 3. The molecule has 2 aromatic carbocycles. The summed E-state index contributed by atoms with van der Waals surface area (Å²) in [5, 5.41) is 3.05. The molecule has 1 aliphatic carbocycles. The molecule has 0 radical (unpaired) electrons. The van der Waals surface area contributed by atoms with Crippen LogP contribution in [0.4, 0.5) is 11.4 Å². The van der Waals surface area contributed by atoms with Crippen LogP contribution in [0.3, 0.4) is 0 Å². The summed E-state index contributed by atoms with van der Waals surface area (Å²) in [5.41, 5.74) is 10.8. The lowest BCUT2D eigenvalue weighted by molar-refractivity contribution is -0.117. The molecule has 0 aliphatic heterocycles. The van der Waals surface area contributed by atoms with E-state index in [0.717, 1.165) is 28.9 Å². The first-order valence-electron chi connectivity index (χ1n) is 7.29. The van der Waals surface area contributed by atoms with Crippen LogP contribution in [0, 0.1) is 19.8 Å².